The molecule has 4 heterocycles. The van der Waals surface area contributed by atoms with Gasteiger partial charge in [-0.1, -0.05) is 12.1 Å². The SMILES string of the molecule is Cc1cnc(C)c(N2CC[C@@H]3CCN(C(=O)c4ccccc4-n4nccn4)C[C@@H]32)n1. The molecular formula is C22H25N7O. The zero-order valence-electron chi connectivity index (χ0n) is 17.3. The van der Waals surface area contributed by atoms with E-state index in [0.717, 1.165) is 43.1 Å². The van der Waals surface area contributed by atoms with Gasteiger partial charge in [-0.25, -0.2) is 4.98 Å². The Balaban J connectivity index is 1.42. The summed E-state index contributed by atoms with van der Waals surface area (Å²) in [5.41, 5.74) is 3.20. The molecular weight excluding hydrogens is 378 g/mol. The minimum atomic E-state index is 0.0280. The molecule has 1 aromatic carbocycles. The molecule has 2 fully saturated rings. The molecule has 0 radical (unpaired) electrons. The van der Waals surface area contributed by atoms with Crippen LogP contribution in [-0.2, 0) is 0 Å². The third kappa shape index (κ3) is 3.22. The number of carbonyl (C=O) groups is 1. The molecule has 2 aromatic heterocycles. The fourth-order valence-electron chi connectivity index (χ4n) is 4.72. The van der Waals surface area contributed by atoms with Crippen LogP contribution in [0.3, 0.4) is 0 Å². The van der Waals surface area contributed by atoms with Crippen LogP contribution < -0.4 is 4.90 Å². The molecule has 2 atom stereocenters. The van der Waals surface area contributed by atoms with E-state index in [1.165, 1.54) is 4.80 Å². The predicted octanol–water partition coefficient (Wildman–Crippen LogP) is 2.42. The highest BCUT2D eigenvalue weighted by atomic mass is 16.2. The molecule has 8 nitrogen and oxygen atoms in total. The summed E-state index contributed by atoms with van der Waals surface area (Å²) in [5.74, 6) is 1.57. The van der Waals surface area contributed by atoms with Gasteiger partial charge in [0.2, 0.25) is 0 Å². The molecule has 0 N–H and O–H groups in total. The van der Waals surface area contributed by atoms with E-state index in [1.54, 1.807) is 12.4 Å². The van der Waals surface area contributed by atoms with Crippen molar-refractivity contribution in [1.82, 2.24) is 29.9 Å². The van der Waals surface area contributed by atoms with Gasteiger partial charge < -0.3 is 9.80 Å². The largest absolute Gasteiger partial charge is 0.350 e. The first-order valence-corrected chi connectivity index (χ1v) is 10.4. The van der Waals surface area contributed by atoms with Gasteiger partial charge in [0.1, 0.15) is 0 Å². The van der Waals surface area contributed by atoms with Crippen LogP contribution in [0.25, 0.3) is 5.69 Å². The third-order valence-corrected chi connectivity index (χ3v) is 6.24. The van der Waals surface area contributed by atoms with Crippen LogP contribution in [0.4, 0.5) is 5.82 Å². The van der Waals surface area contributed by atoms with Crippen molar-refractivity contribution >= 4 is 11.7 Å². The molecule has 2 aliphatic rings. The standard InChI is InChI=1S/C22H25N7O/c1-15-13-23-16(2)21(26-15)28-12-8-17-7-11-27(14-20(17)28)22(30)18-5-3-4-6-19(18)29-24-9-10-25-29/h3-6,9-10,13,17,20H,7-8,11-12,14H2,1-2H3/t17-,20-/m0/s1. The van der Waals surface area contributed by atoms with E-state index in [0.29, 0.717) is 23.7 Å². The minimum Gasteiger partial charge on any atom is -0.350 e. The summed E-state index contributed by atoms with van der Waals surface area (Å²) in [7, 11) is 0. The Bertz CT molecular complexity index is 1070. The number of nitrogens with zero attached hydrogens (tertiary/aromatic N) is 7. The third-order valence-electron chi connectivity index (χ3n) is 6.24. The van der Waals surface area contributed by atoms with E-state index in [2.05, 4.69) is 20.1 Å². The van der Waals surface area contributed by atoms with Crippen LogP contribution in [0.1, 0.15) is 34.6 Å². The van der Waals surface area contributed by atoms with Gasteiger partial charge in [-0.05, 0) is 44.7 Å². The molecule has 0 aliphatic carbocycles. The number of hydrogen-bond donors (Lipinski definition) is 0. The molecule has 3 aromatic rings. The number of likely N-dealkylation sites (tertiary alicyclic amines) is 1. The molecule has 0 unspecified atom stereocenters. The van der Waals surface area contributed by atoms with E-state index < -0.39 is 0 Å². The van der Waals surface area contributed by atoms with Gasteiger partial charge in [0.25, 0.3) is 5.91 Å². The highest BCUT2D eigenvalue weighted by Gasteiger charge is 2.41. The van der Waals surface area contributed by atoms with Gasteiger partial charge in [-0.2, -0.15) is 15.0 Å². The van der Waals surface area contributed by atoms with Crippen molar-refractivity contribution < 1.29 is 4.79 Å². The number of amides is 1. The molecule has 8 heteroatoms. The molecule has 0 bridgehead atoms. The number of benzene rings is 1. The summed E-state index contributed by atoms with van der Waals surface area (Å²) in [6.45, 7) is 6.41. The Morgan fingerprint density at radius 2 is 1.83 bits per heavy atom. The van der Waals surface area contributed by atoms with Crippen LogP contribution >= 0.6 is 0 Å². The van der Waals surface area contributed by atoms with Crippen molar-refractivity contribution in [3.8, 4) is 5.69 Å². The monoisotopic (exact) mass is 403 g/mol. The van der Waals surface area contributed by atoms with Gasteiger partial charge in [0, 0.05) is 25.8 Å². The predicted molar refractivity (Wildman–Crippen MR) is 113 cm³/mol. The quantitative estimate of drug-likeness (QED) is 0.668. The first kappa shape index (κ1) is 18.7. The van der Waals surface area contributed by atoms with Crippen molar-refractivity contribution in [1.29, 1.82) is 0 Å². The van der Waals surface area contributed by atoms with E-state index in [4.69, 9.17) is 4.98 Å². The van der Waals surface area contributed by atoms with E-state index in [9.17, 15) is 4.79 Å². The Morgan fingerprint density at radius 3 is 2.67 bits per heavy atom. The number of piperidine rings is 1. The van der Waals surface area contributed by atoms with E-state index in [1.807, 2.05) is 49.2 Å². The topological polar surface area (TPSA) is 80.0 Å². The fraction of sp³-hybridized carbons (Fsp3) is 0.409. The molecule has 2 aliphatic heterocycles. The molecule has 30 heavy (non-hydrogen) atoms. The first-order valence-electron chi connectivity index (χ1n) is 10.4. The Morgan fingerprint density at radius 1 is 1.07 bits per heavy atom. The second kappa shape index (κ2) is 7.51. The maximum atomic E-state index is 13.5. The number of aryl methyl sites for hydroxylation is 2. The Hall–Kier alpha value is -3.29. The average molecular weight is 403 g/mol. The highest BCUT2D eigenvalue weighted by molar-refractivity contribution is 5.97. The lowest BCUT2D eigenvalue weighted by atomic mass is 9.91. The van der Waals surface area contributed by atoms with Crippen molar-refractivity contribution in [3.63, 3.8) is 0 Å². The molecule has 154 valence electrons. The summed E-state index contributed by atoms with van der Waals surface area (Å²) in [6, 6.07) is 7.80. The normalized spacial score (nSPS) is 21.0. The lowest BCUT2D eigenvalue weighted by molar-refractivity contribution is 0.0678. The van der Waals surface area contributed by atoms with Crippen LogP contribution in [0.15, 0.2) is 42.9 Å². The van der Waals surface area contributed by atoms with Gasteiger partial charge in [-0.15, -0.1) is 0 Å². The maximum absolute atomic E-state index is 13.5. The zero-order chi connectivity index (χ0) is 20.7. The number of anilines is 1. The number of rotatable bonds is 3. The summed E-state index contributed by atoms with van der Waals surface area (Å²) < 4.78 is 0. The van der Waals surface area contributed by atoms with Crippen LogP contribution in [0.5, 0.6) is 0 Å². The van der Waals surface area contributed by atoms with Gasteiger partial charge in [0.05, 0.1) is 41.1 Å². The smallest absolute Gasteiger partial charge is 0.256 e. The first-order chi connectivity index (χ1) is 14.6. The van der Waals surface area contributed by atoms with Crippen molar-refractivity contribution in [3.05, 3.63) is 59.8 Å². The number of hydrogen-bond acceptors (Lipinski definition) is 6. The highest BCUT2D eigenvalue weighted by Crippen LogP contribution is 2.36. The summed E-state index contributed by atoms with van der Waals surface area (Å²) >= 11 is 0. The summed E-state index contributed by atoms with van der Waals surface area (Å²) in [6.07, 6.45) is 7.19. The summed E-state index contributed by atoms with van der Waals surface area (Å²) in [5, 5.41) is 8.42. The van der Waals surface area contributed by atoms with Crippen molar-refractivity contribution in [2.75, 3.05) is 24.5 Å². The van der Waals surface area contributed by atoms with E-state index >= 15 is 0 Å². The summed E-state index contributed by atoms with van der Waals surface area (Å²) in [4.78, 5) is 28.6. The van der Waals surface area contributed by atoms with Gasteiger partial charge in [-0.3, -0.25) is 9.78 Å². The lowest BCUT2D eigenvalue weighted by Crippen LogP contribution is -2.50. The van der Waals surface area contributed by atoms with Crippen molar-refractivity contribution in [2.24, 2.45) is 5.92 Å². The minimum absolute atomic E-state index is 0.0280. The number of aromatic nitrogens is 5. The zero-order valence-corrected chi connectivity index (χ0v) is 17.3. The van der Waals surface area contributed by atoms with Gasteiger partial charge in [0.15, 0.2) is 5.82 Å². The molecule has 1 amide bonds. The fourth-order valence-corrected chi connectivity index (χ4v) is 4.72. The van der Waals surface area contributed by atoms with Crippen molar-refractivity contribution in [2.45, 2.75) is 32.7 Å². The Kier molecular flexibility index (Phi) is 4.69. The average Bonchev–Trinajstić information content (AvgIpc) is 3.44. The van der Waals surface area contributed by atoms with E-state index in [-0.39, 0.29) is 11.9 Å². The number of para-hydroxylation sites is 1. The van der Waals surface area contributed by atoms with Crippen LogP contribution in [-0.4, -0.2) is 61.4 Å². The van der Waals surface area contributed by atoms with Crippen LogP contribution in [0, 0.1) is 19.8 Å². The van der Waals surface area contributed by atoms with Gasteiger partial charge >= 0.3 is 0 Å². The molecule has 5 rings (SSSR count). The number of fused-ring (bicyclic) bond motifs is 1. The molecule has 2 saturated heterocycles. The maximum Gasteiger partial charge on any atom is 0.256 e. The molecule has 0 spiro atoms. The second-order valence-corrected chi connectivity index (χ2v) is 8.11. The van der Waals surface area contributed by atoms with Crippen LogP contribution in [0.2, 0.25) is 0 Å². The second-order valence-electron chi connectivity index (χ2n) is 8.11. The Labute approximate surface area is 175 Å². The number of carbonyl (C=O) groups excluding carboxylic acids is 1. The lowest BCUT2D eigenvalue weighted by Gasteiger charge is -2.39. The molecule has 0 saturated carbocycles.